The van der Waals surface area contributed by atoms with Gasteiger partial charge in [-0.05, 0) is 38.5 Å². The number of aryl methyl sites for hydroxylation is 1. The molecule has 0 aliphatic heterocycles. The molecular formula is C13H18ClNO4S. The molecule has 0 aliphatic carbocycles. The minimum absolute atomic E-state index is 0.00185. The smallest absolute Gasteiger partial charge is 0.307 e. The van der Waals surface area contributed by atoms with Gasteiger partial charge in [0.25, 0.3) is 0 Å². The molecule has 20 heavy (non-hydrogen) atoms. The lowest BCUT2D eigenvalue weighted by atomic mass is 10.2. The van der Waals surface area contributed by atoms with Gasteiger partial charge >= 0.3 is 5.97 Å². The number of rotatable bonds is 6. The molecule has 0 fully saturated rings. The Morgan fingerprint density at radius 1 is 1.40 bits per heavy atom. The van der Waals surface area contributed by atoms with Gasteiger partial charge in [0.2, 0.25) is 10.0 Å². The number of nitrogens with one attached hydrogen (secondary N) is 1. The van der Waals surface area contributed by atoms with Gasteiger partial charge in [-0.25, -0.2) is 13.1 Å². The van der Waals surface area contributed by atoms with Crippen LogP contribution in [-0.4, -0.2) is 27.0 Å². The van der Waals surface area contributed by atoms with Crippen LogP contribution in [0.1, 0.15) is 25.8 Å². The number of hydrogen-bond acceptors (Lipinski definition) is 4. The highest BCUT2D eigenvalue weighted by molar-refractivity contribution is 7.89. The number of benzene rings is 1. The predicted molar refractivity (Wildman–Crippen MR) is 77.2 cm³/mol. The first-order valence-corrected chi connectivity index (χ1v) is 8.04. The summed E-state index contributed by atoms with van der Waals surface area (Å²) in [6.07, 6.45) is -0.244. The van der Waals surface area contributed by atoms with E-state index < -0.39 is 16.0 Å². The second kappa shape index (κ2) is 7.06. The minimum Gasteiger partial charge on any atom is -0.463 e. The Morgan fingerprint density at radius 2 is 2.05 bits per heavy atom. The number of carbonyl (C=O) groups excluding carboxylic acids is 1. The Bertz CT molecular complexity index is 584. The molecule has 0 atom stereocenters. The van der Waals surface area contributed by atoms with Crippen LogP contribution in [-0.2, 0) is 19.6 Å². The molecule has 0 aliphatic rings. The molecule has 0 spiro atoms. The first-order valence-electron chi connectivity index (χ1n) is 6.17. The fraction of sp³-hybridized carbons (Fsp3) is 0.462. The van der Waals surface area contributed by atoms with Gasteiger partial charge < -0.3 is 4.74 Å². The molecule has 1 rings (SSSR count). The van der Waals surface area contributed by atoms with Gasteiger partial charge in [0.05, 0.1) is 17.5 Å². The van der Waals surface area contributed by atoms with E-state index in [4.69, 9.17) is 16.3 Å². The first kappa shape index (κ1) is 16.9. The Hall–Kier alpha value is -1.11. The highest BCUT2D eigenvalue weighted by Gasteiger charge is 2.18. The van der Waals surface area contributed by atoms with Crippen LogP contribution in [0.4, 0.5) is 0 Å². The number of halogens is 1. The minimum atomic E-state index is -3.72. The largest absolute Gasteiger partial charge is 0.463 e. The van der Waals surface area contributed by atoms with E-state index in [-0.39, 0.29) is 29.0 Å². The monoisotopic (exact) mass is 319 g/mol. The van der Waals surface area contributed by atoms with Crippen LogP contribution in [0, 0.1) is 6.92 Å². The van der Waals surface area contributed by atoms with Crippen molar-refractivity contribution in [2.24, 2.45) is 0 Å². The fourth-order valence-corrected chi connectivity index (χ4v) is 3.14. The Balaban J connectivity index is 2.64. The van der Waals surface area contributed by atoms with E-state index in [1.165, 1.54) is 6.07 Å². The first-order chi connectivity index (χ1) is 9.22. The summed E-state index contributed by atoms with van der Waals surface area (Å²) in [5, 5.41) is 0.155. The van der Waals surface area contributed by atoms with Crippen molar-refractivity contribution < 1.29 is 17.9 Å². The zero-order valence-electron chi connectivity index (χ0n) is 11.6. The summed E-state index contributed by atoms with van der Waals surface area (Å²) in [6.45, 7) is 5.25. The van der Waals surface area contributed by atoms with Gasteiger partial charge in [-0.1, -0.05) is 17.7 Å². The van der Waals surface area contributed by atoms with Gasteiger partial charge in [-0.15, -0.1) is 0 Å². The molecular weight excluding hydrogens is 302 g/mol. The number of hydrogen-bond donors (Lipinski definition) is 1. The van der Waals surface area contributed by atoms with E-state index >= 15 is 0 Å². The molecule has 7 heteroatoms. The molecule has 1 aromatic rings. The lowest BCUT2D eigenvalue weighted by Gasteiger charge is -2.10. The van der Waals surface area contributed by atoms with E-state index in [0.29, 0.717) is 0 Å². The normalized spacial score (nSPS) is 11.7. The van der Waals surface area contributed by atoms with Crippen molar-refractivity contribution in [2.75, 3.05) is 6.54 Å². The van der Waals surface area contributed by atoms with Gasteiger partial charge in [0, 0.05) is 6.54 Å². The zero-order valence-corrected chi connectivity index (χ0v) is 13.2. The Morgan fingerprint density at radius 3 is 2.60 bits per heavy atom. The third-order valence-corrected chi connectivity index (χ3v) is 4.31. The topological polar surface area (TPSA) is 72.5 Å². The molecule has 0 saturated carbocycles. The van der Waals surface area contributed by atoms with E-state index in [1.54, 1.807) is 26.0 Å². The lowest BCUT2D eigenvalue weighted by Crippen LogP contribution is -2.27. The summed E-state index contributed by atoms with van der Waals surface area (Å²) in [5.41, 5.74) is 0.870. The van der Waals surface area contributed by atoms with Crippen LogP contribution in [0.15, 0.2) is 23.1 Å². The van der Waals surface area contributed by atoms with Gasteiger partial charge in [-0.2, -0.15) is 0 Å². The maximum Gasteiger partial charge on any atom is 0.307 e. The zero-order chi connectivity index (χ0) is 15.3. The summed E-state index contributed by atoms with van der Waals surface area (Å²) in [6, 6.07) is 4.67. The summed E-state index contributed by atoms with van der Waals surface area (Å²) < 4.78 is 31.3. The highest BCUT2D eigenvalue weighted by Crippen LogP contribution is 2.22. The molecule has 112 valence electrons. The fourth-order valence-electron chi connectivity index (χ4n) is 1.51. The number of esters is 1. The molecule has 0 amide bonds. The van der Waals surface area contributed by atoms with Crippen molar-refractivity contribution in [2.45, 2.75) is 38.2 Å². The third-order valence-electron chi connectivity index (χ3n) is 2.37. The van der Waals surface area contributed by atoms with E-state index in [1.807, 2.05) is 6.92 Å². The third kappa shape index (κ3) is 5.11. The second-order valence-corrected chi connectivity index (χ2v) is 6.76. The van der Waals surface area contributed by atoms with Gasteiger partial charge in [-0.3, -0.25) is 4.79 Å². The Kier molecular flexibility index (Phi) is 5.98. The molecule has 0 heterocycles. The SMILES string of the molecule is Cc1ccc(S(=O)(=O)NCCC(=O)OC(C)C)c(Cl)c1. The number of carbonyl (C=O) groups is 1. The molecule has 0 aromatic heterocycles. The van der Waals surface area contributed by atoms with Crippen molar-refractivity contribution in [3.05, 3.63) is 28.8 Å². The molecule has 0 unspecified atom stereocenters. The second-order valence-electron chi connectivity index (χ2n) is 4.62. The van der Waals surface area contributed by atoms with Crippen LogP contribution in [0.5, 0.6) is 0 Å². The van der Waals surface area contributed by atoms with E-state index in [2.05, 4.69) is 4.72 Å². The van der Waals surface area contributed by atoms with E-state index in [9.17, 15) is 13.2 Å². The van der Waals surface area contributed by atoms with Crippen LogP contribution >= 0.6 is 11.6 Å². The van der Waals surface area contributed by atoms with Crippen molar-refractivity contribution in [3.8, 4) is 0 Å². The van der Waals surface area contributed by atoms with Crippen molar-refractivity contribution >= 4 is 27.6 Å². The van der Waals surface area contributed by atoms with Crippen LogP contribution in [0.25, 0.3) is 0 Å². The average molecular weight is 320 g/mol. The Labute approximate surface area is 124 Å². The predicted octanol–water partition coefficient (Wildman–Crippen LogP) is 2.27. The molecule has 0 radical (unpaired) electrons. The highest BCUT2D eigenvalue weighted by atomic mass is 35.5. The molecule has 0 bridgehead atoms. The number of sulfonamides is 1. The quantitative estimate of drug-likeness (QED) is 0.816. The summed E-state index contributed by atoms with van der Waals surface area (Å²) in [7, 11) is -3.72. The van der Waals surface area contributed by atoms with Crippen molar-refractivity contribution in [1.82, 2.24) is 4.72 Å². The number of ether oxygens (including phenoxy) is 1. The van der Waals surface area contributed by atoms with Gasteiger partial charge in [0.15, 0.2) is 0 Å². The summed E-state index contributed by atoms with van der Waals surface area (Å²) in [4.78, 5) is 11.3. The van der Waals surface area contributed by atoms with Crippen molar-refractivity contribution in [3.63, 3.8) is 0 Å². The van der Waals surface area contributed by atoms with Crippen molar-refractivity contribution in [1.29, 1.82) is 0 Å². The van der Waals surface area contributed by atoms with Crippen LogP contribution in [0.2, 0.25) is 5.02 Å². The lowest BCUT2D eigenvalue weighted by molar-refractivity contribution is -0.147. The van der Waals surface area contributed by atoms with Crippen LogP contribution in [0.3, 0.4) is 0 Å². The van der Waals surface area contributed by atoms with Crippen LogP contribution < -0.4 is 4.72 Å². The molecule has 5 nitrogen and oxygen atoms in total. The molecule has 0 saturated heterocycles. The molecule has 1 aromatic carbocycles. The molecule has 1 N–H and O–H groups in total. The summed E-state index contributed by atoms with van der Waals surface area (Å²) in [5.74, 6) is -0.447. The standard InChI is InChI=1S/C13H18ClNO4S/c1-9(2)19-13(16)6-7-15-20(17,18)12-5-4-10(3)8-11(12)14/h4-5,8-9,15H,6-7H2,1-3H3. The summed E-state index contributed by atoms with van der Waals surface area (Å²) >= 11 is 5.91. The van der Waals surface area contributed by atoms with E-state index in [0.717, 1.165) is 5.56 Å². The maximum absolute atomic E-state index is 12.0. The average Bonchev–Trinajstić information content (AvgIpc) is 2.26. The van der Waals surface area contributed by atoms with Gasteiger partial charge in [0.1, 0.15) is 4.90 Å². The maximum atomic E-state index is 12.0.